The molecule has 1 saturated carbocycles. The zero-order chi connectivity index (χ0) is 15.5. The smallest absolute Gasteiger partial charge is 0.204 e. The molecule has 0 bridgehead atoms. The van der Waals surface area contributed by atoms with Gasteiger partial charge < -0.3 is 20.2 Å². The Morgan fingerprint density at radius 3 is 3.05 bits per heavy atom. The van der Waals surface area contributed by atoms with Gasteiger partial charge in [-0.15, -0.1) is 0 Å². The summed E-state index contributed by atoms with van der Waals surface area (Å²) in [6.45, 7) is 0.803. The summed E-state index contributed by atoms with van der Waals surface area (Å²) in [6.07, 6.45) is 4.78. The first-order chi connectivity index (χ1) is 10.7. The van der Waals surface area contributed by atoms with Crippen LogP contribution in [0.3, 0.4) is 0 Å². The number of halogens is 1. The summed E-state index contributed by atoms with van der Waals surface area (Å²) >= 11 is 3.55. The van der Waals surface area contributed by atoms with Crippen LogP contribution >= 0.6 is 15.9 Å². The molecule has 0 unspecified atom stereocenters. The topological polar surface area (TPSA) is 94.1 Å². The van der Waals surface area contributed by atoms with Gasteiger partial charge in [0.25, 0.3) is 0 Å². The summed E-state index contributed by atoms with van der Waals surface area (Å²) in [7, 11) is 0. The van der Waals surface area contributed by atoms with Crippen molar-refractivity contribution in [2.24, 2.45) is 0 Å². The molecule has 0 spiro atoms. The number of hydrogen-bond donors (Lipinski definition) is 3. The second kappa shape index (κ2) is 6.65. The number of aliphatic hydroxyl groups excluding tert-OH is 1. The summed E-state index contributed by atoms with van der Waals surface area (Å²) in [5.74, 6) is 1.05. The van der Waals surface area contributed by atoms with Crippen LogP contribution < -0.4 is 10.6 Å². The van der Waals surface area contributed by atoms with Gasteiger partial charge in [-0.05, 0) is 35.2 Å². The number of aliphatic hydroxyl groups is 1. The molecule has 0 radical (unpaired) electrons. The number of pyridine rings is 1. The van der Waals surface area contributed by atoms with Gasteiger partial charge in [0.1, 0.15) is 11.9 Å². The third kappa shape index (κ3) is 3.09. The molecule has 2 atom stereocenters. The molecule has 22 heavy (non-hydrogen) atoms. The lowest BCUT2D eigenvalue weighted by Gasteiger charge is -2.15. The predicted octanol–water partition coefficient (Wildman–Crippen LogP) is 2.38. The molecule has 1 aliphatic carbocycles. The van der Waals surface area contributed by atoms with Crippen molar-refractivity contribution >= 4 is 32.7 Å². The summed E-state index contributed by atoms with van der Waals surface area (Å²) in [5, 5.41) is 25.4. The van der Waals surface area contributed by atoms with E-state index in [0.717, 1.165) is 34.9 Å². The fraction of sp³-hybridized carbons (Fsp3) is 0.467. The van der Waals surface area contributed by atoms with Crippen LogP contribution in [0.2, 0.25) is 0 Å². The zero-order valence-electron chi connectivity index (χ0n) is 12.0. The first kappa shape index (κ1) is 15.3. The van der Waals surface area contributed by atoms with Crippen LogP contribution in [0, 0.1) is 11.3 Å². The summed E-state index contributed by atoms with van der Waals surface area (Å²) in [6, 6.07) is 4.50. The molecule has 0 amide bonds. The Balaban J connectivity index is 1.72. The molecule has 116 valence electrons. The van der Waals surface area contributed by atoms with Crippen LogP contribution in [0.4, 0.5) is 5.82 Å². The number of aromatic nitrogens is 1. The molecule has 7 heteroatoms. The number of rotatable bonds is 5. The maximum Gasteiger partial charge on any atom is 0.204 e. The average molecular weight is 365 g/mol. The minimum absolute atomic E-state index is 0.167. The van der Waals surface area contributed by atoms with Crippen molar-refractivity contribution in [1.29, 1.82) is 5.26 Å². The van der Waals surface area contributed by atoms with E-state index < -0.39 is 0 Å². The lowest BCUT2D eigenvalue weighted by atomic mass is 10.2. The van der Waals surface area contributed by atoms with Crippen molar-refractivity contribution in [1.82, 2.24) is 10.3 Å². The Hall–Kier alpha value is -1.62. The van der Waals surface area contributed by atoms with Gasteiger partial charge in [-0.3, -0.25) is 0 Å². The van der Waals surface area contributed by atoms with E-state index in [2.05, 4.69) is 31.5 Å². The third-order valence-corrected chi connectivity index (χ3v) is 4.75. The molecule has 3 rings (SSSR count). The van der Waals surface area contributed by atoms with E-state index in [-0.39, 0.29) is 12.4 Å². The van der Waals surface area contributed by atoms with Crippen molar-refractivity contribution in [3.05, 3.63) is 22.5 Å². The monoisotopic (exact) mass is 364 g/mol. The molecule has 6 nitrogen and oxygen atoms in total. The van der Waals surface area contributed by atoms with Crippen LogP contribution in [0.1, 0.15) is 25.0 Å². The van der Waals surface area contributed by atoms with Gasteiger partial charge in [-0.2, -0.15) is 5.26 Å². The van der Waals surface area contributed by atoms with E-state index in [0.29, 0.717) is 24.2 Å². The number of nitrogens with one attached hydrogen (secondary N) is 2. The minimum atomic E-state index is 0.167. The Morgan fingerprint density at radius 1 is 1.45 bits per heavy atom. The quantitative estimate of drug-likeness (QED) is 0.753. The van der Waals surface area contributed by atoms with E-state index in [9.17, 15) is 0 Å². The standard InChI is InChI=1S/C15H17BrN4O2/c16-14-12-6-11(7-17)22-13(12)8-19-15(14)20-10-2-1-9(5-10)18-3-4-21/h6,8-10,18,21H,1-5H2,(H,19,20)/t9-,10+/m0/s1. The first-order valence-corrected chi connectivity index (χ1v) is 8.09. The van der Waals surface area contributed by atoms with Gasteiger partial charge in [0.2, 0.25) is 5.76 Å². The van der Waals surface area contributed by atoms with Gasteiger partial charge in [-0.25, -0.2) is 4.98 Å². The molecule has 3 N–H and O–H groups in total. The first-order valence-electron chi connectivity index (χ1n) is 7.30. The molecule has 0 aromatic carbocycles. The highest BCUT2D eigenvalue weighted by atomic mass is 79.9. The van der Waals surface area contributed by atoms with Gasteiger partial charge in [0.15, 0.2) is 5.58 Å². The van der Waals surface area contributed by atoms with Crippen molar-refractivity contribution in [2.45, 2.75) is 31.3 Å². The summed E-state index contributed by atoms with van der Waals surface area (Å²) in [4.78, 5) is 4.38. The van der Waals surface area contributed by atoms with Crippen LogP contribution in [0.15, 0.2) is 21.2 Å². The number of fused-ring (bicyclic) bond motifs is 1. The maximum atomic E-state index is 8.91. The zero-order valence-corrected chi connectivity index (χ0v) is 13.6. The number of anilines is 1. The van der Waals surface area contributed by atoms with Gasteiger partial charge in [-0.1, -0.05) is 0 Å². The molecule has 0 saturated heterocycles. The highest BCUT2D eigenvalue weighted by Crippen LogP contribution is 2.33. The second-order valence-electron chi connectivity index (χ2n) is 5.45. The highest BCUT2D eigenvalue weighted by molar-refractivity contribution is 9.10. The number of nitriles is 1. The molecule has 0 aliphatic heterocycles. The van der Waals surface area contributed by atoms with Crippen molar-refractivity contribution < 1.29 is 9.52 Å². The lowest BCUT2D eigenvalue weighted by Crippen LogP contribution is -2.30. The molecule has 1 aliphatic rings. The molecule has 2 aromatic heterocycles. The minimum Gasteiger partial charge on any atom is -0.444 e. The molecule has 1 fully saturated rings. The fourth-order valence-corrected chi connectivity index (χ4v) is 3.42. The SMILES string of the molecule is N#Cc1cc2c(Br)c(N[C@@H]3CC[C@H](NCCO)C3)ncc2o1. The molecule has 2 heterocycles. The molecular weight excluding hydrogens is 348 g/mol. The largest absolute Gasteiger partial charge is 0.444 e. The van der Waals surface area contributed by atoms with Crippen molar-refractivity contribution in [2.75, 3.05) is 18.5 Å². The molecular formula is C15H17BrN4O2. The highest BCUT2D eigenvalue weighted by Gasteiger charge is 2.25. The van der Waals surface area contributed by atoms with E-state index in [1.54, 1.807) is 12.3 Å². The predicted molar refractivity (Wildman–Crippen MR) is 86.6 cm³/mol. The van der Waals surface area contributed by atoms with Crippen LogP contribution in [0.5, 0.6) is 0 Å². The van der Waals surface area contributed by atoms with Gasteiger partial charge in [0.05, 0.1) is 17.3 Å². The molecule has 2 aromatic rings. The normalized spacial score (nSPS) is 21.1. The fourth-order valence-electron chi connectivity index (χ4n) is 2.90. The number of nitrogens with zero attached hydrogens (tertiary/aromatic N) is 2. The maximum absolute atomic E-state index is 8.91. The number of hydrogen-bond acceptors (Lipinski definition) is 6. The van der Waals surface area contributed by atoms with E-state index in [1.165, 1.54) is 0 Å². The van der Waals surface area contributed by atoms with Gasteiger partial charge in [0, 0.05) is 30.1 Å². The van der Waals surface area contributed by atoms with Crippen molar-refractivity contribution in [3.8, 4) is 6.07 Å². The van der Waals surface area contributed by atoms with Crippen LogP contribution in [0.25, 0.3) is 11.0 Å². The van der Waals surface area contributed by atoms with Gasteiger partial charge >= 0.3 is 0 Å². The Bertz CT molecular complexity index is 709. The third-order valence-electron chi connectivity index (χ3n) is 3.94. The Morgan fingerprint density at radius 2 is 2.27 bits per heavy atom. The van der Waals surface area contributed by atoms with Crippen molar-refractivity contribution in [3.63, 3.8) is 0 Å². The second-order valence-corrected chi connectivity index (χ2v) is 6.24. The Labute approximate surface area is 136 Å². The van der Waals surface area contributed by atoms with E-state index in [1.807, 2.05) is 6.07 Å². The van der Waals surface area contributed by atoms with Crippen LogP contribution in [-0.4, -0.2) is 35.3 Å². The van der Waals surface area contributed by atoms with Crippen LogP contribution in [-0.2, 0) is 0 Å². The number of furan rings is 1. The Kier molecular flexibility index (Phi) is 4.62. The average Bonchev–Trinajstić information content (AvgIpc) is 3.15. The summed E-state index contributed by atoms with van der Waals surface area (Å²) < 4.78 is 6.19. The van der Waals surface area contributed by atoms with E-state index >= 15 is 0 Å². The summed E-state index contributed by atoms with van der Waals surface area (Å²) in [5.41, 5.74) is 0.600. The lowest BCUT2D eigenvalue weighted by molar-refractivity contribution is 0.284. The van der Waals surface area contributed by atoms with E-state index in [4.69, 9.17) is 14.8 Å².